The van der Waals surface area contributed by atoms with Crippen molar-refractivity contribution >= 4 is 17.5 Å². The number of furan rings is 1. The fraction of sp³-hybridized carbons (Fsp3) is 0.217. The van der Waals surface area contributed by atoms with Gasteiger partial charge in [0, 0.05) is 50.3 Å². The first kappa shape index (κ1) is 19.8. The molecule has 0 unspecified atom stereocenters. The van der Waals surface area contributed by atoms with Crippen molar-refractivity contribution < 1.29 is 18.7 Å². The molecule has 0 saturated carbocycles. The Kier molecular flexibility index (Phi) is 5.06. The van der Waals surface area contributed by atoms with Crippen LogP contribution in [0.25, 0.3) is 16.9 Å². The number of aromatic nitrogens is 3. The van der Waals surface area contributed by atoms with E-state index in [1.807, 2.05) is 24.3 Å². The van der Waals surface area contributed by atoms with E-state index >= 15 is 0 Å². The molecule has 1 aromatic carbocycles. The highest BCUT2D eigenvalue weighted by Crippen LogP contribution is 2.24. The van der Waals surface area contributed by atoms with Crippen LogP contribution in [0, 0.1) is 0 Å². The minimum Gasteiger partial charge on any atom is -0.497 e. The molecule has 0 atom stereocenters. The van der Waals surface area contributed by atoms with Gasteiger partial charge in [0.25, 0.3) is 11.8 Å². The number of nitrogens with zero attached hydrogens (tertiary/aromatic N) is 5. The maximum absolute atomic E-state index is 13.1. The second kappa shape index (κ2) is 8.18. The number of carbonyl (C=O) groups excluding carboxylic acids is 2. The molecule has 9 heteroatoms. The van der Waals surface area contributed by atoms with Crippen LogP contribution < -0.4 is 4.74 Å². The maximum Gasteiger partial charge on any atom is 0.289 e. The Morgan fingerprint density at radius 1 is 1.00 bits per heavy atom. The molecule has 1 aliphatic rings. The number of rotatable bonds is 4. The van der Waals surface area contributed by atoms with Gasteiger partial charge in [0.15, 0.2) is 11.4 Å². The summed E-state index contributed by atoms with van der Waals surface area (Å²) in [6.45, 7) is 1.75. The van der Waals surface area contributed by atoms with Gasteiger partial charge in [-0.1, -0.05) is 0 Å². The number of fused-ring (bicyclic) bond motifs is 1. The first-order valence-corrected chi connectivity index (χ1v) is 10.2. The maximum atomic E-state index is 13.1. The molecule has 32 heavy (non-hydrogen) atoms. The molecule has 0 spiro atoms. The number of hydrogen-bond acceptors (Lipinski definition) is 6. The van der Waals surface area contributed by atoms with Crippen LogP contribution in [0.15, 0.2) is 65.7 Å². The van der Waals surface area contributed by atoms with Crippen LogP contribution in [0.1, 0.15) is 21.0 Å². The van der Waals surface area contributed by atoms with Gasteiger partial charge >= 0.3 is 0 Å². The van der Waals surface area contributed by atoms with Gasteiger partial charge in [-0.3, -0.25) is 14.6 Å². The van der Waals surface area contributed by atoms with Crippen LogP contribution in [0.3, 0.4) is 0 Å². The summed E-state index contributed by atoms with van der Waals surface area (Å²) >= 11 is 0. The molecular formula is C23H21N5O4. The third-order valence-electron chi connectivity index (χ3n) is 5.54. The molecule has 4 aromatic rings. The van der Waals surface area contributed by atoms with Crippen molar-refractivity contribution in [3.63, 3.8) is 0 Å². The predicted octanol–water partition coefficient (Wildman–Crippen LogP) is 2.60. The number of amides is 2. The zero-order chi connectivity index (χ0) is 22.1. The SMILES string of the molecule is COc1ccc(-c2nccn3cc(C(=O)N4CCN(C(=O)c5ccco5)CC4)nc23)cc1. The van der Waals surface area contributed by atoms with Gasteiger partial charge in [-0.05, 0) is 36.4 Å². The summed E-state index contributed by atoms with van der Waals surface area (Å²) in [6, 6.07) is 10.9. The predicted molar refractivity (Wildman–Crippen MR) is 115 cm³/mol. The summed E-state index contributed by atoms with van der Waals surface area (Å²) < 4.78 is 12.2. The number of methoxy groups -OCH3 is 1. The minimum atomic E-state index is -0.167. The van der Waals surface area contributed by atoms with E-state index in [0.717, 1.165) is 11.3 Å². The molecule has 0 radical (unpaired) electrons. The third-order valence-corrected chi connectivity index (χ3v) is 5.54. The lowest BCUT2D eigenvalue weighted by Crippen LogP contribution is -2.50. The number of hydrogen-bond donors (Lipinski definition) is 0. The highest BCUT2D eigenvalue weighted by molar-refractivity contribution is 5.94. The lowest BCUT2D eigenvalue weighted by molar-refractivity contribution is 0.0515. The first-order chi connectivity index (χ1) is 15.6. The van der Waals surface area contributed by atoms with Crippen molar-refractivity contribution in [1.29, 1.82) is 0 Å². The van der Waals surface area contributed by atoms with Gasteiger partial charge in [-0.15, -0.1) is 0 Å². The van der Waals surface area contributed by atoms with E-state index in [2.05, 4.69) is 9.97 Å². The Morgan fingerprint density at radius 2 is 1.72 bits per heavy atom. The Balaban J connectivity index is 1.34. The van der Waals surface area contributed by atoms with Crippen LogP contribution in [0.4, 0.5) is 0 Å². The van der Waals surface area contributed by atoms with Crippen LogP contribution in [-0.2, 0) is 0 Å². The van der Waals surface area contributed by atoms with E-state index < -0.39 is 0 Å². The van der Waals surface area contributed by atoms with E-state index in [-0.39, 0.29) is 11.8 Å². The monoisotopic (exact) mass is 431 g/mol. The van der Waals surface area contributed by atoms with E-state index in [4.69, 9.17) is 9.15 Å². The number of ether oxygens (including phenoxy) is 1. The summed E-state index contributed by atoms with van der Waals surface area (Å²) in [5.74, 6) is 0.734. The van der Waals surface area contributed by atoms with E-state index in [0.29, 0.717) is 49.0 Å². The fourth-order valence-electron chi connectivity index (χ4n) is 3.81. The normalized spacial score (nSPS) is 14.0. The van der Waals surface area contributed by atoms with Gasteiger partial charge in [-0.2, -0.15) is 0 Å². The number of piperazine rings is 1. The van der Waals surface area contributed by atoms with Crippen LogP contribution in [-0.4, -0.2) is 69.3 Å². The zero-order valence-electron chi connectivity index (χ0n) is 17.5. The largest absolute Gasteiger partial charge is 0.497 e. The average Bonchev–Trinajstić information content (AvgIpc) is 3.53. The molecule has 1 aliphatic heterocycles. The Morgan fingerprint density at radius 3 is 2.38 bits per heavy atom. The van der Waals surface area contributed by atoms with Gasteiger partial charge in [0.1, 0.15) is 17.1 Å². The first-order valence-electron chi connectivity index (χ1n) is 10.2. The zero-order valence-corrected chi connectivity index (χ0v) is 17.5. The fourth-order valence-corrected chi connectivity index (χ4v) is 3.81. The number of imidazole rings is 1. The lowest BCUT2D eigenvalue weighted by atomic mass is 10.1. The van der Waals surface area contributed by atoms with Crippen molar-refractivity contribution in [3.8, 4) is 17.0 Å². The summed E-state index contributed by atoms with van der Waals surface area (Å²) in [4.78, 5) is 38.0. The molecular weight excluding hydrogens is 410 g/mol. The van der Waals surface area contributed by atoms with Crippen LogP contribution in [0.5, 0.6) is 5.75 Å². The van der Waals surface area contributed by atoms with Crippen LogP contribution >= 0.6 is 0 Å². The van der Waals surface area contributed by atoms with Crippen molar-refractivity contribution in [2.75, 3.05) is 33.3 Å². The second-order valence-electron chi connectivity index (χ2n) is 7.42. The van der Waals surface area contributed by atoms with Crippen molar-refractivity contribution in [2.24, 2.45) is 0 Å². The van der Waals surface area contributed by atoms with Gasteiger partial charge < -0.3 is 23.4 Å². The topological polar surface area (TPSA) is 93.2 Å². The highest BCUT2D eigenvalue weighted by atomic mass is 16.5. The lowest BCUT2D eigenvalue weighted by Gasteiger charge is -2.33. The van der Waals surface area contributed by atoms with Crippen molar-refractivity contribution in [3.05, 3.63) is 72.7 Å². The Hall–Kier alpha value is -4.14. The smallest absolute Gasteiger partial charge is 0.289 e. The highest BCUT2D eigenvalue weighted by Gasteiger charge is 2.28. The Labute approximate surface area is 183 Å². The molecule has 0 N–H and O–H groups in total. The molecule has 1 fully saturated rings. The van der Waals surface area contributed by atoms with Gasteiger partial charge in [0.05, 0.1) is 13.4 Å². The number of benzene rings is 1. The minimum absolute atomic E-state index is 0.162. The Bertz CT molecular complexity index is 1260. The quantitative estimate of drug-likeness (QED) is 0.493. The molecule has 0 bridgehead atoms. The molecule has 0 aliphatic carbocycles. The van der Waals surface area contributed by atoms with E-state index in [1.54, 1.807) is 52.0 Å². The summed E-state index contributed by atoms with van der Waals surface area (Å²) in [5, 5.41) is 0. The second-order valence-corrected chi connectivity index (χ2v) is 7.42. The summed E-state index contributed by atoms with van der Waals surface area (Å²) in [5.41, 5.74) is 2.51. The van der Waals surface area contributed by atoms with Crippen LogP contribution in [0.2, 0.25) is 0 Å². The summed E-state index contributed by atoms with van der Waals surface area (Å²) in [7, 11) is 1.62. The molecule has 5 rings (SSSR count). The third kappa shape index (κ3) is 3.58. The van der Waals surface area contributed by atoms with Gasteiger partial charge in [0.2, 0.25) is 0 Å². The van der Waals surface area contributed by atoms with Crippen molar-refractivity contribution in [1.82, 2.24) is 24.2 Å². The van der Waals surface area contributed by atoms with Gasteiger partial charge in [-0.25, -0.2) is 4.98 Å². The molecule has 3 aromatic heterocycles. The molecule has 2 amide bonds. The molecule has 1 saturated heterocycles. The van der Waals surface area contributed by atoms with E-state index in [9.17, 15) is 9.59 Å². The van der Waals surface area contributed by atoms with Crippen molar-refractivity contribution in [2.45, 2.75) is 0 Å². The summed E-state index contributed by atoms with van der Waals surface area (Å²) in [6.07, 6.45) is 6.64. The standard InChI is InChI=1S/C23H21N5O4/c1-31-17-6-4-16(5-7-17)20-21-25-18(15-28(21)9-8-24-20)22(29)26-10-12-27(13-11-26)23(30)19-3-2-14-32-19/h2-9,14-15H,10-13H2,1H3. The average molecular weight is 431 g/mol. The molecule has 9 nitrogen and oxygen atoms in total. The molecule has 4 heterocycles. The molecule has 162 valence electrons. The number of carbonyl (C=O) groups is 2. The van der Waals surface area contributed by atoms with E-state index in [1.165, 1.54) is 6.26 Å².